The maximum absolute atomic E-state index is 13.2. The first-order chi connectivity index (χ1) is 17.0. The van der Waals surface area contributed by atoms with Crippen molar-refractivity contribution < 1.29 is 23.8 Å². The Morgan fingerprint density at radius 1 is 1.09 bits per heavy atom. The molecule has 0 unspecified atom stereocenters. The van der Waals surface area contributed by atoms with Crippen LogP contribution in [0.2, 0.25) is 0 Å². The minimum Gasteiger partial charge on any atom is -0.493 e. The van der Waals surface area contributed by atoms with Crippen molar-refractivity contribution in [3.8, 4) is 11.5 Å². The van der Waals surface area contributed by atoms with Crippen LogP contribution in [0.4, 0.5) is 0 Å². The zero-order chi connectivity index (χ0) is 24.8. The summed E-state index contributed by atoms with van der Waals surface area (Å²) in [6.45, 7) is 4.69. The van der Waals surface area contributed by atoms with Gasteiger partial charge in [-0.05, 0) is 49.4 Å². The highest BCUT2D eigenvalue weighted by Crippen LogP contribution is 2.44. The van der Waals surface area contributed by atoms with Crippen LogP contribution in [0.5, 0.6) is 11.5 Å². The van der Waals surface area contributed by atoms with Gasteiger partial charge in [0.1, 0.15) is 6.61 Å². The van der Waals surface area contributed by atoms with Crippen molar-refractivity contribution in [2.45, 2.75) is 58.5 Å². The van der Waals surface area contributed by atoms with Gasteiger partial charge in [-0.3, -0.25) is 4.79 Å². The molecule has 6 nitrogen and oxygen atoms in total. The van der Waals surface area contributed by atoms with E-state index in [1.165, 1.54) is 0 Å². The summed E-state index contributed by atoms with van der Waals surface area (Å²) in [4.78, 5) is 26.3. The molecule has 1 aliphatic heterocycles. The normalized spacial score (nSPS) is 17.6. The van der Waals surface area contributed by atoms with Gasteiger partial charge in [0.2, 0.25) is 0 Å². The molecule has 184 valence electrons. The Labute approximate surface area is 207 Å². The lowest BCUT2D eigenvalue weighted by molar-refractivity contribution is -0.139. The van der Waals surface area contributed by atoms with Crippen molar-refractivity contribution in [2.24, 2.45) is 0 Å². The van der Waals surface area contributed by atoms with Crippen molar-refractivity contribution >= 4 is 11.8 Å². The second kappa shape index (κ2) is 11.3. The number of hydrogen-bond donors (Lipinski definition) is 1. The summed E-state index contributed by atoms with van der Waals surface area (Å²) >= 11 is 0. The number of methoxy groups -OCH3 is 1. The molecule has 0 amide bonds. The molecule has 2 aromatic rings. The Morgan fingerprint density at radius 3 is 2.63 bits per heavy atom. The number of dihydropyridines is 1. The van der Waals surface area contributed by atoms with Crippen LogP contribution in [0.1, 0.15) is 63.0 Å². The van der Waals surface area contributed by atoms with Crippen molar-refractivity contribution in [3.63, 3.8) is 0 Å². The predicted molar refractivity (Wildman–Crippen MR) is 134 cm³/mol. The number of Topliss-reactive ketones (excluding diaryl/α,β-unsaturated/α-hetero) is 1. The van der Waals surface area contributed by atoms with Crippen molar-refractivity contribution in [1.29, 1.82) is 0 Å². The largest absolute Gasteiger partial charge is 0.493 e. The number of ketones is 1. The summed E-state index contributed by atoms with van der Waals surface area (Å²) in [6, 6.07) is 15.5. The summed E-state index contributed by atoms with van der Waals surface area (Å²) in [6.07, 6.45) is 3.79. The van der Waals surface area contributed by atoms with E-state index in [0.717, 1.165) is 48.2 Å². The van der Waals surface area contributed by atoms with Gasteiger partial charge in [0.25, 0.3) is 0 Å². The molecule has 2 aromatic carbocycles. The minimum absolute atomic E-state index is 0.0680. The van der Waals surface area contributed by atoms with E-state index in [1.807, 2.05) is 55.5 Å². The van der Waals surface area contributed by atoms with Crippen LogP contribution >= 0.6 is 0 Å². The number of carbonyl (C=O) groups is 2. The number of rotatable bonds is 9. The minimum atomic E-state index is -0.509. The van der Waals surface area contributed by atoms with Crippen LogP contribution in [0.25, 0.3) is 0 Å². The SMILES string of the molecule is CCCCOC(=O)C1=C(C)NC2=C(C(=O)CCC2)[C@H]1c1ccc(OCc2ccccc2)c(OC)c1. The van der Waals surface area contributed by atoms with Gasteiger partial charge in [0.15, 0.2) is 17.3 Å². The molecular weight excluding hydrogens is 442 g/mol. The smallest absolute Gasteiger partial charge is 0.336 e. The van der Waals surface area contributed by atoms with Gasteiger partial charge in [0, 0.05) is 29.3 Å². The molecular formula is C29H33NO5. The Hall–Kier alpha value is -3.54. The Kier molecular flexibility index (Phi) is 7.91. The molecule has 2 aliphatic rings. The van der Waals surface area contributed by atoms with Crippen molar-refractivity contribution in [1.82, 2.24) is 5.32 Å². The fourth-order valence-electron chi connectivity index (χ4n) is 4.69. The molecule has 0 aromatic heterocycles. The van der Waals surface area contributed by atoms with Gasteiger partial charge in [-0.15, -0.1) is 0 Å². The first-order valence-corrected chi connectivity index (χ1v) is 12.3. The maximum Gasteiger partial charge on any atom is 0.336 e. The number of allylic oxidation sites excluding steroid dienone is 3. The molecule has 1 atom stereocenters. The standard InChI is InChI=1S/C29H33NO5/c1-4-5-16-34-29(32)26-19(2)30-22-12-9-13-23(31)28(22)27(26)21-14-15-24(25(17-21)33-3)35-18-20-10-7-6-8-11-20/h6-8,10-11,14-15,17,27,30H,4-5,9,12-13,16,18H2,1-3H3/t27-/m0/s1. The van der Waals surface area contributed by atoms with Crippen LogP contribution in [0.15, 0.2) is 71.1 Å². The third-order valence-electron chi connectivity index (χ3n) is 6.49. The number of hydrogen-bond acceptors (Lipinski definition) is 6. The molecule has 0 radical (unpaired) electrons. The molecule has 0 fully saturated rings. The van der Waals surface area contributed by atoms with Gasteiger partial charge in [0.05, 0.1) is 19.3 Å². The number of unbranched alkanes of at least 4 members (excludes halogenated alkanes) is 1. The third-order valence-corrected chi connectivity index (χ3v) is 6.49. The van der Waals surface area contributed by atoms with E-state index < -0.39 is 5.92 Å². The fourth-order valence-corrected chi connectivity index (χ4v) is 4.69. The third kappa shape index (κ3) is 5.42. The first kappa shape index (κ1) is 24.6. The van der Waals surface area contributed by atoms with Gasteiger partial charge in [-0.1, -0.05) is 49.7 Å². The highest BCUT2D eigenvalue weighted by molar-refractivity contribution is 6.03. The van der Waals surface area contributed by atoms with E-state index >= 15 is 0 Å². The predicted octanol–water partition coefficient (Wildman–Crippen LogP) is 5.59. The zero-order valence-electron chi connectivity index (χ0n) is 20.7. The quantitative estimate of drug-likeness (QED) is 0.377. The molecule has 1 aliphatic carbocycles. The number of ether oxygens (including phenoxy) is 3. The second-order valence-electron chi connectivity index (χ2n) is 8.94. The number of carbonyl (C=O) groups excluding carboxylic acids is 2. The second-order valence-corrected chi connectivity index (χ2v) is 8.94. The van der Waals surface area contributed by atoms with Crippen LogP contribution in [-0.4, -0.2) is 25.5 Å². The highest BCUT2D eigenvalue weighted by atomic mass is 16.5. The average molecular weight is 476 g/mol. The summed E-state index contributed by atoms with van der Waals surface area (Å²) in [5.74, 6) is 0.329. The topological polar surface area (TPSA) is 73.9 Å². The first-order valence-electron chi connectivity index (χ1n) is 12.3. The van der Waals surface area contributed by atoms with E-state index in [9.17, 15) is 9.59 Å². The van der Waals surface area contributed by atoms with Gasteiger partial charge in [-0.25, -0.2) is 4.79 Å². The molecule has 0 bridgehead atoms. The number of benzene rings is 2. The molecule has 35 heavy (non-hydrogen) atoms. The van der Waals surface area contributed by atoms with E-state index in [4.69, 9.17) is 14.2 Å². The average Bonchev–Trinajstić information content (AvgIpc) is 2.87. The van der Waals surface area contributed by atoms with Crippen molar-refractivity contribution in [2.75, 3.05) is 13.7 Å². The summed E-state index contributed by atoms with van der Waals surface area (Å²) in [7, 11) is 1.59. The number of esters is 1. The lowest BCUT2D eigenvalue weighted by atomic mass is 9.75. The highest BCUT2D eigenvalue weighted by Gasteiger charge is 2.39. The van der Waals surface area contributed by atoms with Gasteiger partial charge >= 0.3 is 5.97 Å². The fraction of sp³-hybridized carbons (Fsp3) is 0.379. The molecule has 0 saturated heterocycles. The molecule has 1 heterocycles. The Bertz CT molecular complexity index is 1150. The van der Waals surface area contributed by atoms with Crippen LogP contribution in [-0.2, 0) is 20.9 Å². The summed E-state index contributed by atoms with van der Waals surface area (Å²) in [5, 5.41) is 3.33. The lowest BCUT2D eigenvalue weighted by Crippen LogP contribution is -2.34. The molecule has 6 heteroatoms. The molecule has 0 spiro atoms. The molecule has 4 rings (SSSR count). The Balaban J connectivity index is 1.69. The van der Waals surface area contributed by atoms with E-state index in [2.05, 4.69) is 12.2 Å². The van der Waals surface area contributed by atoms with E-state index in [-0.39, 0.29) is 11.8 Å². The monoisotopic (exact) mass is 475 g/mol. The van der Waals surface area contributed by atoms with Crippen LogP contribution in [0.3, 0.4) is 0 Å². The molecule has 0 saturated carbocycles. The molecule has 1 N–H and O–H groups in total. The summed E-state index contributed by atoms with van der Waals surface area (Å²) < 4.78 is 17.3. The van der Waals surface area contributed by atoms with Gasteiger partial charge in [-0.2, -0.15) is 0 Å². The van der Waals surface area contributed by atoms with Crippen molar-refractivity contribution in [3.05, 3.63) is 82.2 Å². The maximum atomic E-state index is 13.2. The van der Waals surface area contributed by atoms with Crippen LogP contribution < -0.4 is 14.8 Å². The van der Waals surface area contributed by atoms with Crippen LogP contribution in [0, 0.1) is 0 Å². The Morgan fingerprint density at radius 2 is 1.89 bits per heavy atom. The zero-order valence-corrected chi connectivity index (χ0v) is 20.7. The van der Waals surface area contributed by atoms with E-state index in [1.54, 1.807) is 7.11 Å². The van der Waals surface area contributed by atoms with Gasteiger partial charge < -0.3 is 19.5 Å². The number of nitrogens with one attached hydrogen (secondary N) is 1. The lowest BCUT2D eigenvalue weighted by Gasteiger charge is -2.34. The van der Waals surface area contributed by atoms with E-state index in [0.29, 0.717) is 42.3 Å². The summed E-state index contributed by atoms with van der Waals surface area (Å²) in [5.41, 5.74) is 4.63.